The molecule has 4 N–H and O–H groups in total. The summed E-state index contributed by atoms with van der Waals surface area (Å²) in [6.07, 6.45) is 0. The molecule has 1 amide bonds. The summed E-state index contributed by atoms with van der Waals surface area (Å²) < 4.78 is 25.7. The number of benzene rings is 1. The van der Waals surface area contributed by atoms with Crippen molar-refractivity contribution in [2.24, 2.45) is 11.7 Å². The summed E-state index contributed by atoms with van der Waals surface area (Å²) in [6.45, 7) is 5.48. The van der Waals surface area contributed by atoms with Gasteiger partial charge in [0.1, 0.15) is 0 Å². The van der Waals surface area contributed by atoms with Crippen molar-refractivity contribution in [2.75, 3.05) is 12.4 Å². The molecule has 1 rings (SSSR count). The highest BCUT2D eigenvalue weighted by atomic mass is 32.2. The van der Waals surface area contributed by atoms with Crippen molar-refractivity contribution in [1.82, 2.24) is 4.72 Å². The van der Waals surface area contributed by atoms with Crippen LogP contribution in [0.1, 0.15) is 19.4 Å². The third-order valence-electron chi connectivity index (χ3n) is 3.07. The Bertz CT molecular complexity index is 597. The number of nitrogens with two attached hydrogens (primary N) is 1. The lowest BCUT2D eigenvalue weighted by Gasteiger charge is -2.17. The molecule has 0 aliphatic carbocycles. The highest BCUT2D eigenvalue weighted by Gasteiger charge is 2.19. The van der Waals surface area contributed by atoms with Gasteiger partial charge in [-0.05, 0) is 37.6 Å². The number of anilines is 1. The van der Waals surface area contributed by atoms with Crippen LogP contribution < -0.4 is 15.8 Å². The monoisotopic (exact) mass is 299 g/mol. The van der Waals surface area contributed by atoms with Crippen LogP contribution in [0.25, 0.3) is 0 Å². The summed E-state index contributed by atoms with van der Waals surface area (Å²) in [6, 6.07) is 3.91. The third kappa shape index (κ3) is 3.78. The van der Waals surface area contributed by atoms with Gasteiger partial charge in [-0.3, -0.25) is 4.79 Å². The van der Waals surface area contributed by atoms with Crippen molar-refractivity contribution in [2.45, 2.75) is 31.7 Å². The minimum atomic E-state index is -3.54. The number of sulfonamides is 1. The maximum absolute atomic E-state index is 11.9. The molecule has 0 heterocycles. The molecule has 7 heteroatoms. The summed E-state index contributed by atoms with van der Waals surface area (Å²) in [5.74, 6) is -0.332. The Morgan fingerprint density at radius 2 is 1.90 bits per heavy atom. The summed E-state index contributed by atoms with van der Waals surface area (Å²) in [5.41, 5.74) is 6.98. The predicted octanol–water partition coefficient (Wildman–Crippen LogP) is 0.825. The Hall–Kier alpha value is -1.44. The number of aryl methyl sites for hydroxylation is 1. The van der Waals surface area contributed by atoms with Crippen molar-refractivity contribution >= 4 is 21.6 Å². The lowest BCUT2D eigenvalue weighted by Crippen LogP contribution is -2.39. The van der Waals surface area contributed by atoms with Gasteiger partial charge in [-0.15, -0.1) is 0 Å². The first-order valence-electron chi connectivity index (χ1n) is 6.29. The zero-order valence-corrected chi connectivity index (χ0v) is 12.9. The molecule has 0 fully saturated rings. The number of amides is 1. The molecule has 1 atom stereocenters. The van der Waals surface area contributed by atoms with Crippen LogP contribution in [0.3, 0.4) is 0 Å². The molecule has 0 radical (unpaired) electrons. The molecule has 0 unspecified atom stereocenters. The molecule has 0 aromatic heterocycles. The summed E-state index contributed by atoms with van der Waals surface area (Å²) in [7, 11) is -2.21. The minimum Gasteiger partial charge on any atom is -0.324 e. The lowest BCUT2D eigenvalue weighted by molar-refractivity contribution is -0.118. The number of hydrogen-bond donors (Lipinski definition) is 3. The first-order chi connectivity index (χ1) is 9.19. The Morgan fingerprint density at radius 3 is 2.40 bits per heavy atom. The maximum Gasteiger partial charge on any atom is 0.241 e. The van der Waals surface area contributed by atoms with Gasteiger partial charge in [0.2, 0.25) is 15.9 Å². The van der Waals surface area contributed by atoms with E-state index in [1.165, 1.54) is 19.2 Å². The highest BCUT2D eigenvalue weighted by Crippen LogP contribution is 2.20. The highest BCUT2D eigenvalue weighted by molar-refractivity contribution is 7.89. The summed E-state index contributed by atoms with van der Waals surface area (Å²) in [4.78, 5) is 12.0. The van der Waals surface area contributed by atoms with E-state index < -0.39 is 16.1 Å². The molecule has 0 saturated heterocycles. The molecule has 1 aromatic rings. The van der Waals surface area contributed by atoms with Gasteiger partial charge in [-0.2, -0.15) is 0 Å². The lowest BCUT2D eigenvalue weighted by atomic mass is 10.0. The van der Waals surface area contributed by atoms with E-state index in [1.54, 1.807) is 13.0 Å². The average Bonchev–Trinajstić information content (AvgIpc) is 2.39. The number of hydrogen-bond acceptors (Lipinski definition) is 4. The zero-order valence-electron chi connectivity index (χ0n) is 12.1. The smallest absolute Gasteiger partial charge is 0.241 e. The van der Waals surface area contributed by atoms with Crippen LogP contribution in [0.2, 0.25) is 0 Å². The molecule has 20 heavy (non-hydrogen) atoms. The molecule has 112 valence electrons. The topological polar surface area (TPSA) is 101 Å². The van der Waals surface area contributed by atoms with Crippen LogP contribution in [-0.2, 0) is 14.8 Å². The van der Waals surface area contributed by atoms with E-state index in [2.05, 4.69) is 10.0 Å². The van der Waals surface area contributed by atoms with E-state index in [0.717, 1.165) is 5.56 Å². The van der Waals surface area contributed by atoms with Crippen molar-refractivity contribution in [3.05, 3.63) is 23.8 Å². The first-order valence-corrected chi connectivity index (χ1v) is 7.78. The molecule has 1 aromatic carbocycles. The van der Waals surface area contributed by atoms with Crippen LogP contribution >= 0.6 is 0 Å². The Balaban J connectivity index is 3.08. The van der Waals surface area contributed by atoms with Crippen LogP contribution in [0.4, 0.5) is 5.69 Å². The van der Waals surface area contributed by atoms with Gasteiger partial charge in [0, 0.05) is 5.69 Å². The van der Waals surface area contributed by atoms with Gasteiger partial charge in [-0.1, -0.05) is 19.9 Å². The Labute approximate surface area is 119 Å². The second-order valence-electron chi connectivity index (χ2n) is 4.94. The van der Waals surface area contributed by atoms with Gasteiger partial charge < -0.3 is 11.1 Å². The van der Waals surface area contributed by atoms with Crippen LogP contribution in [0.15, 0.2) is 23.1 Å². The second kappa shape index (κ2) is 6.34. The van der Waals surface area contributed by atoms with Crippen LogP contribution in [0, 0.1) is 12.8 Å². The van der Waals surface area contributed by atoms with E-state index in [0.29, 0.717) is 5.69 Å². The van der Waals surface area contributed by atoms with Crippen molar-refractivity contribution in [3.8, 4) is 0 Å². The van der Waals surface area contributed by atoms with Gasteiger partial charge in [0.25, 0.3) is 0 Å². The normalized spacial score (nSPS) is 13.3. The van der Waals surface area contributed by atoms with Crippen molar-refractivity contribution in [1.29, 1.82) is 0 Å². The quantitative estimate of drug-likeness (QED) is 0.749. The Kier molecular flexibility index (Phi) is 5.27. The molecule has 0 spiro atoms. The molecule has 0 aliphatic rings. The molecular formula is C13H21N3O3S. The molecule has 0 aliphatic heterocycles. The van der Waals surface area contributed by atoms with E-state index in [1.807, 2.05) is 13.8 Å². The molecule has 6 nitrogen and oxygen atoms in total. The summed E-state index contributed by atoms with van der Waals surface area (Å²) in [5, 5.41) is 2.67. The number of rotatable bonds is 5. The molecule has 0 bridgehead atoms. The third-order valence-corrected chi connectivity index (χ3v) is 4.48. The van der Waals surface area contributed by atoms with Crippen LogP contribution in [0.5, 0.6) is 0 Å². The standard InChI is InChI=1S/C13H21N3O3S/c1-8(2)12(14)13(17)16-11-7-10(6-5-9(11)3)20(18,19)15-4/h5-8,12,15H,14H2,1-4H3,(H,16,17)/t12-/m0/s1. The van der Waals surface area contributed by atoms with E-state index in [9.17, 15) is 13.2 Å². The van der Waals surface area contributed by atoms with Crippen molar-refractivity contribution in [3.63, 3.8) is 0 Å². The average molecular weight is 299 g/mol. The van der Waals surface area contributed by atoms with E-state index in [-0.39, 0.29) is 16.7 Å². The number of carbonyl (C=O) groups is 1. The predicted molar refractivity (Wildman–Crippen MR) is 78.9 cm³/mol. The van der Waals surface area contributed by atoms with Gasteiger partial charge in [0.05, 0.1) is 10.9 Å². The Morgan fingerprint density at radius 1 is 1.30 bits per heavy atom. The van der Waals surface area contributed by atoms with Gasteiger partial charge in [-0.25, -0.2) is 13.1 Å². The second-order valence-corrected chi connectivity index (χ2v) is 6.83. The van der Waals surface area contributed by atoms with Gasteiger partial charge in [0.15, 0.2) is 0 Å². The van der Waals surface area contributed by atoms with E-state index >= 15 is 0 Å². The largest absolute Gasteiger partial charge is 0.324 e. The maximum atomic E-state index is 11.9. The SMILES string of the molecule is CNS(=O)(=O)c1ccc(C)c(NC(=O)[C@@H](N)C(C)C)c1. The fraction of sp³-hybridized carbons (Fsp3) is 0.462. The molecule has 0 saturated carbocycles. The molecular weight excluding hydrogens is 278 g/mol. The number of carbonyl (C=O) groups excluding carboxylic acids is 1. The zero-order chi connectivity index (χ0) is 15.5. The fourth-order valence-electron chi connectivity index (χ4n) is 1.54. The van der Waals surface area contributed by atoms with E-state index in [4.69, 9.17) is 5.73 Å². The van der Waals surface area contributed by atoms with Crippen LogP contribution in [-0.4, -0.2) is 27.4 Å². The number of nitrogens with one attached hydrogen (secondary N) is 2. The fourth-order valence-corrected chi connectivity index (χ4v) is 2.30. The van der Waals surface area contributed by atoms with Gasteiger partial charge >= 0.3 is 0 Å². The van der Waals surface area contributed by atoms with Crippen molar-refractivity contribution < 1.29 is 13.2 Å². The minimum absolute atomic E-state index is 0.000435. The summed E-state index contributed by atoms with van der Waals surface area (Å²) >= 11 is 0. The first kappa shape index (κ1) is 16.6.